The van der Waals surface area contributed by atoms with E-state index >= 15 is 0 Å². The molecule has 1 saturated heterocycles. The molecule has 0 atom stereocenters. The van der Waals surface area contributed by atoms with E-state index in [0.717, 1.165) is 32.0 Å². The normalized spacial score (nSPS) is 14.1. The Morgan fingerprint density at radius 1 is 0.806 bits per heavy atom. The third-order valence-corrected chi connectivity index (χ3v) is 6.35. The zero-order valence-corrected chi connectivity index (χ0v) is 17.6. The second kappa shape index (κ2) is 9.20. The number of nitrogens with zero attached hydrogens (tertiary/aromatic N) is 1. The van der Waals surface area contributed by atoms with Crippen molar-refractivity contribution in [1.29, 1.82) is 0 Å². The lowest BCUT2D eigenvalue weighted by molar-refractivity contribution is 0.102. The number of ether oxygens (including phenoxy) is 1. The highest BCUT2D eigenvalue weighted by molar-refractivity contribution is 7.92. The molecule has 0 aromatic heterocycles. The first-order chi connectivity index (χ1) is 15.0. The van der Waals surface area contributed by atoms with Crippen molar-refractivity contribution in [1.82, 2.24) is 0 Å². The van der Waals surface area contributed by atoms with Crippen LogP contribution in [0.4, 0.5) is 17.1 Å². The van der Waals surface area contributed by atoms with Crippen molar-refractivity contribution < 1.29 is 17.9 Å². The van der Waals surface area contributed by atoms with Gasteiger partial charge in [-0.15, -0.1) is 0 Å². The van der Waals surface area contributed by atoms with E-state index in [4.69, 9.17) is 4.74 Å². The van der Waals surface area contributed by atoms with E-state index in [1.54, 1.807) is 42.5 Å². The Hall–Kier alpha value is -3.36. The maximum absolute atomic E-state index is 12.5. The van der Waals surface area contributed by atoms with Crippen LogP contribution in [0.15, 0.2) is 83.8 Å². The molecule has 0 bridgehead atoms. The standard InChI is InChI=1S/C23H23N3O4S/c27-23(24-19-10-12-21(13-11-19)26-14-16-30-17-15-26)18-6-8-20(9-7-18)25-31(28,29)22-4-2-1-3-5-22/h1-13,25H,14-17H2,(H,24,27). The maximum Gasteiger partial charge on any atom is 0.261 e. The smallest absolute Gasteiger partial charge is 0.261 e. The number of amides is 1. The monoisotopic (exact) mass is 437 g/mol. The number of morpholine rings is 1. The summed E-state index contributed by atoms with van der Waals surface area (Å²) < 4.78 is 32.7. The summed E-state index contributed by atoms with van der Waals surface area (Å²) in [7, 11) is -3.67. The average Bonchev–Trinajstić information content (AvgIpc) is 2.81. The second-order valence-electron chi connectivity index (χ2n) is 7.10. The minimum absolute atomic E-state index is 0.178. The van der Waals surface area contributed by atoms with E-state index in [-0.39, 0.29) is 10.8 Å². The van der Waals surface area contributed by atoms with Gasteiger partial charge in [0, 0.05) is 35.7 Å². The molecule has 8 heteroatoms. The Morgan fingerprint density at radius 2 is 1.42 bits per heavy atom. The lowest BCUT2D eigenvalue weighted by atomic mass is 10.2. The predicted molar refractivity (Wildman–Crippen MR) is 121 cm³/mol. The summed E-state index contributed by atoms with van der Waals surface area (Å²) in [5.74, 6) is -0.267. The number of hydrogen-bond acceptors (Lipinski definition) is 5. The first-order valence-electron chi connectivity index (χ1n) is 9.93. The maximum atomic E-state index is 12.5. The minimum Gasteiger partial charge on any atom is -0.378 e. The fourth-order valence-corrected chi connectivity index (χ4v) is 4.36. The Bertz CT molecular complexity index is 1130. The Kier molecular flexibility index (Phi) is 6.20. The number of sulfonamides is 1. The van der Waals surface area contributed by atoms with E-state index in [9.17, 15) is 13.2 Å². The van der Waals surface area contributed by atoms with Crippen LogP contribution < -0.4 is 14.9 Å². The van der Waals surface area contributed by atoms with E-state index in [1.807, 2.05) is 24.3 Å². The number of carbonyl (C=O) groups is 1. The van der Waals surface area contributed by atoms with Gasteiger partial charge in [-0.2, -0.15) is 0 Å². The van der Waals surface area contributed by atoms with Crippen molar-refractivity contribution in [2.45, 2.75) is 4.90 Å². The molecule has 0 radical (unpaired) electrons. The number of hydrogen-bond donors (Lipinski definition) is 2. The summed E-state index contributed by atoms with van der Waals surface area (Å²) in [5, 5.41) is 2.86. The van der Waals surface area contributed by atoms with Crippen molar-refractivity contribution in [2.24, 2.45) is 0 Å². The van der Waals surface area contributed by atoms with E-state index in [2.05, 4.69) is 14.9 Å². The summed E-state index contributed by atoms with van der Waals surface area (Å²) in [4.78, 5) is 15.0. The predicted octanol–water partition coefficient (Wildman–Crippen LogP) is 3.58. The second-order valence-corrected chi connectivity index (χ2v) is 8.78. The van der Waals surface area contributed by atoms with Crippen LogP contribution in [-0.4, -0.2) is 40.6 Å². The molecule has 0 unspecified atom stereocenters. The van der Waals surface area contributed by atoms with Crippen molar-refractivity contribution in [2.75, 3.05) is 41.2 Å². The zero-order chi connectivity index (χ0) is 21.7. The number of carbonyl (C=O) groups excluding carboxylic acids is 1. The van der Waals surface area contributed by atoms with Crippen molar-refractivity contribution in [3.05, 3.63) is 84.4 Å². The lowest BCUT2D eigenvalue weighted by Crippen LogP contribution is -2.36. The van der Waals surface area contributed by atoms with Crippen LogP contribution in [0.25, 0.3) is 0 Å². The first-order valence-corrected chi connectivity index (χ1v) is 11.4. The summed E-state index contributed by atoms with van der Waals surface area (Å²) in [6.45, 7) is 3.14. The van der Waals surface area contributed by atoms with Gasteiger partial charge in [0.25, 0.3) is 15.9 Å². The molecule has 0 saturated carbocycles. The van der Waals surface area contributed by atoms with E-state index in [0.29, 0.717) is 16.9 Å². The van der Waals surface area contributed by atoms with Crippen molar-refractivity contribution >= 4 is 33.0 Å². The summed E-state index contributed by atoms with van der Waals surface area (Å²) in [6, 6.07) is 22.1. The average molecular weight is 438 g/mol. The Labute approximate surface area is 181 Å². The number of anilines is 3. The molecule has 2 N–H and O–H groups in total. The van der Waals surface area contributed by atoms with Gasteiger partial charge in [0.1, 0.15) is 0 Å². The Balaban J connectivity index is 1.38. The highest BCUT2D eigenvalue weighted by Crippen LogP contribution is 2.20. The van der Waals surface area contributed by atoms with Gasteiger partial charge in [-0.3, -0.25) is 9.52 Å². The molecule has 4 rings (SSSR count). The number of nitrogens with one attached hydrogen (secondary N) is 2. The Morgan fingerprint density at radius 3 is 2.06 bits per heavy atom. The third kappa shape index (κ3) is 5.22. The van der Waals surface area contributed by atoms with Crippen LogP contribution in [0.2, 0.25) is 0 Å². The van der Waals surface area contributed by atoms with Crippen molar-refractivity contribution in [3.63, 3.8) is 0 Å². The molecule has 1 aliphatic heterocycles. The van der Waals surface area contributed by atoms with Crippen LogP contribution in [0, 0.1) is 0 Å². The van der Waals surface area contributed by atoms with Gasteiger partial charge >= 0.3 is 0 Å². The van der Waals surface area contributed by atoms with E-state index in [1.165, 1.54) is 12.1 Å². The molecule has 0 spiro atoms. The molecule has 3 aromatic carbocycles. The van der Waals surface area contributed by atoms with Crippen LogP contribution in [0.3, 0.4) is 0 Å². The van der Waals surface area contributed by atoms with Gasteiger partial charge in [-0.25, -0.2) is 8.42 Å². The van der Waals surface area contributed by atoms with Gasteiger partial charge in [-0.1, -0.05) is 18.2 Å². The molecular formula is C23H23N3O4S. The molecular weight excluding hydrogens is 414 g/mol. The quantitative estimate of drug-likeness (QED) is 0.616. The molecule has 0 aliphatic carbocycles. The number of rotatable bonds is 6. The largest absolute Gasteiger partial charge is 0.378 e. The molecule has 31 heavy (non-hydrogen) atoms. The van der Waals surface area contributed by atoms with Crippen LogP contribution in [0.1, 0.15) is 10.4 Å². The third-order valence-electron chi connectivity index (χ3n) is 4.95. The van der Waals surface area contributed by atoms with Gasteiger partial charge < -0.3 is 15.0 Å². The van der Waals surface area contributed by atoms with Gasteiger partial charge in [0.05, 0.1) is 18.1 Å². The molecule has 7 nitrogen and oxygen atoms in total. The van der Waals surface area contributed by atoms with E-state index < -0.39 is 10.0 Å². The molecule has 1 amide bonds. The van der Waals surface area contributed by atoms with Crippen LogP contribution >= 0.6 is 0 Å². The summed E-state index contributed by atoms with van der Waals surface area (Å²) >= 11 is 0. The van der Waals surface area contributed by atoms with Gasteiger partial charge in [-0.05, 0) is 60.7 Å². The van der Waals surface area contributed by atoms with Gasteiger partial charge in [0.15, 0.2) is 0 Å². The van der Waals surface area contributed by atoms with Crippen LogP contribution in [0.5, 0.6) is 0 Å². The van der Waals surface area contributed by atoms with Crippen molar-refractivity contribution in [3.8, 4) is 0 Å². The molecule has 1 fully saturated rings. The van der Waals surface area contributed by atoms with Crippen LogP contribution in [-0.2, 0) is 14.8 Å². The fourth-order valence-electron chi connectivity index (χ4n) is 3.28. The lowest BCUT2D eigenvalue weighted by Gasteiger charge is -2.28. The first kappa shape index (κ1) is 20.9. The number of benzene rings is 3. The molecule has 160 valence electrons. The molecule has 1 heterocycles. The SMILES string of the molecule is O=C(Nc1ccc(N2CCOCC2)cc1)c1ccc(NS(=O)(=O)c2ccccc2)cc1. The summed E-state index contributed by atoms with van der Waals surface area (Å²) in [6.07, 6.45) is 0. The van der Waals surface area contributed by atoms with Gasteiger partial charge in [0.2, 0.25) is 0 Å². The minimum atomic E-state index is -3.67. The highest BCUT2D eigenvalue weighted by atomic mass is 32.2. The topological polar surface area (TPSA) is 87.7 Å². The molecule has 3 aromatic rings. The molecule has 1 aliphatic rings. The zero-order valence-electron chi connectivity index (χ0n) is 16.8. The summed E-state index contributed by atoms with van der Waals surface area (Å²) in [5.41, 5.74) is 2.60. The highest BCUT2D eigenvalue weighted by Gasteiger charge is 2.14. The fraction of sp³-hybridized carbons (Fsp3) is 0.174.